The van der Waals surface area contributed by atoms with Gasteiger partial charge in [-0.05, 0) is 56.2 Å². The predicted octanol–water partition coefficient (Wildman–Crippen LogP) is 3.72. The zero-order valence-corrected chi connectivity index (χ0v) is 15.4. The van der Waals surface area contributed by atoms with Crippen LogP contribution in [0.2, 0.25) is 0 Å². The molecule has 24 heavy (non-hydrogen) atoms. The molecule has 2 amide bonds. The van der Waals surface area contributed by atoms with E-state index < -0.39 is 5.97 Å². The number of hydrogen-bond acceptors (Lipinski definition) is 2. The van der Waals surface area contributed by atoms with Crippen molar-refractivity contribution in [2.45, 2.75) is 51.1 Å². The third kappa shape index (κ3) is 3.43. The van der Waals surface area contributed by atoms with Crippen molar-refractivity contribution in [2.75, 3.05) is 6.54 Å². The number of carbonyl (C=O) groups is 2. The van der Waals surface area contributed by atoms with E-state index in [0.717, 1.165) is 23.7 Å². The summed E-state index contributed by atoms with van der Waals surface area (Å²) in [6.45, 7) is 2.76. The fraction of sp³-hybridized carbons (Fsp3) is 0.556. The first kappa shape index (κ1) is 17.3. The molecule has 1 heterocycles. The Balaban J connectivity index is 1.61. The van der Waals surface area contributed by atoms with Crippen LogP contribution in [0.25, 0.3) is 0 Å². The molecule has 5 nitrogen and oxygen atoms in total. The summed E-state index contributed by atoms with van der Waals surface area (Å²) in [4.78, 5) is 25.6. The van der Waals surface area contributed by atoms with Crippen LogP contribution in [0.4, 0.5) is 4.79 Å². The minimum atomic E-state index is -0.716. The van der Waals surface area contributed by atoms with Crippen LogP contribution >= 0.6 is 15.9 Å². The second-order valence-electron chi connectivity index (χ2n) is 6.76. The molecule has 0 aromatic heterocycles. The van der Waals surface area contributed by atoms with Crippen molar-refractivity contribution in [3.05, 3.63) is 33.8 Å². The lowest BCUT2D eigenvalue weighted by Gasteiger charge is -2.37. The molecule has 0 spiro atoms. The number of aliphatic carboxylic acids is 1. The molecule has 1 atom stereocenters. The maximum atomic E-state index is 12.7. The molecule has 1 aliphatic carbocycles. The molecule has 0 saturated heterocycles. The number of carbonyl (C=O) groups excluding carboxylic acids is 1. The van der Waals surface area contributed by atoms with Crippen LogP contribution in [0, 0.1) is 5.92 Å². The molecule has 1 unspecified atom stereocenters. The van der Waals surface area contributed by atoms with Gasteiger partial charge in [0.2, 0.25) is 0 Å². The van der Waals surface area contributed by atoms with E-state index in [-0.39, 0.29) is 24.0 Å². The van der Waals surface area contributed by atoms with Gasteiger partial charge in [-0.25, -0.2) is 4.79 Å². The van der Waals surface area contributed by atoms with Crippen molar-refractivity contribution in [2.24, 2.45) is 5.92 Å². The monoisotopic (exact) mass is 394 g/mol. The molecule has 1 aromatic carbocycles. The quantitative estimate of drug-likeness (QED) is 0.802. The molecule has 1 aromatic rings. The zero-order valence-electron chi connectivity index (χ0n) is 13.8. The molecule has 3 rings (SSSR count). The van der Waals surface area contributed by atoms with Gasteiger partial charge in [0.05, 0.1) is 12.0 Å². The van der Waals surface area contributed by atoms with Crippen molar-refractivity contribution < 1.29 is 14.7 Å². The minimum absolute atomic E-state index is 0.0353. The topological polar surface area (TPSA) is 69.6 Å². The highest BCUT2D eigenvalue weighted by atomic mass is 79.9. The van der Waals surface area contributed by atoms with Crippen LogP contribution < -0.4 is 5.32 Å². The Morgan fingerprint density at radius 1 is 1.25 bits per heavy atom. The number of hydrogen-bond donors (Lipinski definition) is 2. The van der Waals surface area contributed by atoms with Gasteiger partial charge in [-0.15, -0.1) is 0 Å². The minimum Gasteiger partial charge on any atom is -0.481 e. The predicted molar refractivity (Wildman–Crippen MR) is 94.9 cm³/mol. The Labute approximate surface area is 150 Å². The Kier molecular flexibility index (Phi) is 5.13. The van der Waals surface area contributed by atoms with Crippen LogP contribution in [0.15, 0.2) is 22.7 Å². The van der Waals surface area contributed by atoms with Gasteiger partial charge in [0, 0.05) is 17.1 Å². The van der Waals surface area contributed by atoms with Crippen molar-refractivity contribution in [1.82, 2.24) is 10.2 Å². The number of rotatable bonds is 2. The van der Waals surface area contributed by atoms with E-state index in [2.05, 4.69) is 34.2 Å². The van der Waals surface area contributed by atoms with Gasteiger partial charge in [0.1, 0.15) is 0 Å². The van der Waals surface area contributed by atoms with Gasteiger partial charge >= 0.3 is 12.0 Å². The summed E-state index contributed by atoms with van der Waals surface area (Å²) in [7, 11) is 0. The van der Waals surface area contributed by atoms with E-state index in [1.807, 2.05) is 17.0 Å². The number of carboxylic acids is 1. The summed E-state index contributed by atoms with van der Waals surface area (Å²) in [6, 6.07) is 6.23. The third-order valence-electron chi connectivity index (χ3n) is 5.34. The highest BCUT2D eigenvalue weighted by molar-refractivity contribution is 9.10. The van der Waals surface area contributed by atoms with E-state index in [1.54, 1.807) is 0 Å². The normalized spacial score (nSPS) is 26.6. The Bertz CT molecular complexity index is 641. The van der Waals surface area contributed by atoms with Gasteiger partial charge in [0.25, 0.3) is 0 Å². The lowest BCUT2D eigenvalue weighted by atomic mass is 9.86. The molecule has 2 aliphatic rings. The summed E-state index contributed by atoms with van der Waals surface area (Å²) in [6.07, 6.45) is 3.62. The standard InChI is InChI=1S/C18H23BrN2O3/c1-11-14-3-2-4-16(19)15(14)9-10-21(11)18(24)20-13-7-5-12(6-8-13)17(22)23/h2-4,11-13H,5-10H2,1H3,(H,20,24)(H,22,23). The average molecular weight is 395 g/mol. The lowest BCUT2D eigenvalue weighted by molar-refractivity contribution is -0.142. The molecule has 1 fully saturated rings. The van der Waals surface area contributed by atoms with Gasteiger partial charge in [-0.1, -0.05) is 28.1 Å². The largest absolute Gasteiger partial charge is 0.481 e. The number of nitrogens with zero attached hydrogens (tertiary/aromatic N) is 1. The highest BCUT2D eigenvalue weighted by Crippen LogP contribution is 2.34. The lowest BCUT2D eigenvalue weighted by Crippen LogP contribution is -2.49. The van der Waals surface area contributed by atoms with Crippen molar-refractivity contribution in [3.63, 3.8) is 0 Å². The summed E-state index contributed by atoms with van der Waals surface area (Å²) in [5.74, 6) is -0.970. The summed E-state index contributed by atoms with van der Waals surface area (Å²) >= 11 is 3.60. The molecule has 2 N–H and O–H groups in total. The summed E-state index contributed by atoms with van der Waals surface area (Å²) < 4.78 is 1.11. The van der Waals surface area contributed by atoms with Gasteiger partial charge in [-0.2, -0.15) is 0 Å². The molecule has 0 radical (unpaired) electrons. The summed E-state index contributed by atoms with van der Waals surface area (Å²) in [5.41, 5.74) is 2.48. The number of urea groups is 1. The number of carboxylic acid groups (broad SMARTS) is 1. The highest BCUT2D eigenvalue weighted by Gasteiger charge is 2.31. The zero-order chi connectivity index (χ0) is 17.3. The van der Waals surface area contributed by atoms with Crippen LogP contribution in [0.3, 0.4) is 0 Å². The van der Waals surface area contributed by atoms with Crippen LogP contribution in [0.1, 0.15) is 49.8 Å². The molecule has 6 heteroatoms. The smallest absolute Gasteiger partial charge is 0.318 e. The second-order valence-corrected chi connectivity index (χ2v) is 7.62. The first-order valence-electron chi connectivity index (χ1n) is 8.54. The van der Waals surface area contributed by atoms with E-state index in [4.69, 9.17) is 5.11 Å². The molecule has 130 valence electrons. The maximum Gasteiger partial charge on any atom is 0.318 e. The van der Waals surface area contributed by atoms with Gasteiger partial charge in [-0.3, -0.25) is 4.79 Å². The molecular weight excluding hydrogens is 372 g/mol. The van der Waals surface area contributed by atoms with Crippen LogP contribution in [-0.2, 0) is 11.2 Å². The van der Waals surface area contributed by atoms with Crippen molar-refractivity contribution >= 4 is 27.9 Å². The number of amides is 2. The number of nitrogens with one attached hydrogen (secondary N) is 1. The third-order valence-corrected chi connectivity index (χ3v) is 6.08. The number of halogens is 1. The van der Waals surface area contributed by atoms with Crippen LogP contribution in [-0.4, -0.2) is 34.6 Å². The fourth-order valence-corrected chi connectivity index (χ4v) is 4.42. The second kappa shape index (κ2) is 7.13. The van der Waals surface area contributed by atoms with Crippen molar-refractivity contribution in [3.8, 4) is 0 Å². The Morgan fingerprint density at radius 3 is 2.62 bits per heavy atom. The number of fused-ring (bicyclic) bond motifs is 1. The van der Waals surface area contributed by atoms with Gasteiger partial charge in [0.15, 0.2) is 0 Å². The number of benzene rings is 1. The molecule has 1 saturated carbocycles. The average Bonchev–Trinajstić information content (AvgIpc) is 2.56. The summed E-state index contributed by atoms with van der Waals surface area (Å²) in [5, 5.41) is 12.2. The van der Waals surface area contributed by atoms with Crippen LogP contribution in [0.5, 0.6) is 0 Å². The molecule has 1 aliphatic heterocycles. The SMILES string of the molecule is CC1c2cccc(Br)c2CCN1C(=O)NC1CCC(C(=O)O)CC1. The van der Waals surface area contributed by atoms with E-state index in [9.17, 15) is 9.59 Å². The first-order valence-corrected chi connectivity index (χ1v) is 9.34. The van der Waals surface area contributed by atoms with Crippen molar-refractivity contribution in [1.29, 1.82) is 0 Å². The first-order chi connectivity index (χ1) is 11.5. The van der Waals surface area contributed by atoms with E-state index >= 15 is 0 Å². The maximum absolute atomic E-state index is 12.7. The van der Waals surface area contributed by atoms with Gasteiger partial charge < -0.3 is 15.3 Å². The molecular formula is C18H23BrN2O3. The fourth-order valence-electron chi connectivity index (χ4n) is 3.84. The Hall–Kier alpha value is -1.56. The Morgan fingerprint density at radius 2 is 1.96 bits per heavy atom. The molecule has 0 bridgehead atoms. The van der Waals surface area contributed by atoms with E-state index in [1.165, 1.54) is 11.1 Å². The van der Waals surface area contributed by atoms with E-state index in [0.29, 0.717) is 19.4 Å².